The van der Waals surface area contributed by atoms with Gasteiger partial charge in [-0.05, 0) is 56.7 Å². The summed E-state index contributed by atoms with van der Waals surface area (Å²) < 4.78 is 21.4. The van der Waals surface area contributed by atoms with Crippen LogP contribution >= 0.6 is 0 Å². The highest BCUT2D eigenvalue weighted by molar-refractivity contribution is 5.92. The molecule has 0 aromatic heterocycles. The highest BCUT2D eigenvalue weighted by Crippen LogP contribution is 2.29. The van der Waals surface area contributed by atoms with Crippen LogP contribution in [0, 0.1) is 0 Å². The van der Waals surface area contributed by atoms with Crippen molar-refractivity contribution in [3.8, 4) is 17.2 Å². The summed E-state index contributed by atoms with van der Waals surface area (Å²) in [7, 11) is 1.59. The van der Waals surface area contributed by atoms with Crippen molar-refractivity contribution in [1.82, 2.24) is 5.32 Å². The summed E-state index contributed by atoms with van der Waals surface area (Å²) in [6, 6.07) is 12.1. The smallest absolute Gasteiger partial charge is 0.339 e. The molecule has 7 nitrogen and oxygen atoms in total. The minimum atomic E-state index is -0.942. The van der Waals surface area contributed by atoms with Crippen molar-refractivity contribution in [2.75, 3.05) is 20.3 Å². The minimum absolute atomic E-state index is 0.284. The Bertz CT molecular complexity index is 819. The van der Waals surface area contributed by atoms with E-state index < -0.39 is 12.1 Å². The van der Waals surface area contributed by atoms with Gasteiger partial charge in [0.2, 0.25) is 0 Å². The fourth-order valence-corrected chi connectivity index (χ4v) is 2.54. The third-order valence-corrected chi connectivity index (χ3v) is 4.06. The molecule has 156 valence electrons. The van der Waals surface area contributed by atoms with Crippen LogP contribution in [0.2, 0.25) is 0 Å². The van der Waals surface area contributed by atoms with Gasteiger partial charge in [0.1, 0.15) is 5.75 Å². The van der Waals surface area contributed by atoms with Gasteiger partial charge in [0.05, 0.1) is 25.9 Å². The molecule has 0 saturated carbocycles. The summed E-state index contributed by atoms with van der Waals surface area (Å²) in [4.78, 5) is 24.7. The molecular weight excluding hydrogens is 374 g/mol. The number of carbonyl (C=O) groups excluding carboxylic acids is 2. The topological polar surface area (TPSA) is 83.1 Å². The Labute approximate surface area is 170 Å². The van der Waals surface area contributed by atoms with Crippen molar-refractivity contribution in [1.29, 1.82) is 0 Å². The summed E-state index contributed by atoms with van der Waals surface area (Å²) in [5.74, 6) is 0.756. The number of benzene rings is 2. The standard InChI is InChI=1S/C22H27NO6/c1-5-27-19-12-9-17(13-20(19)28-6-2)22(25)29-15(3)21(24)23-14-16-7-10-18(26-4)11-8-16/h7-13,15H,5-6,14H2,1-4H3,(H,23,24)/t15-/m0/s1. The number of amides is 1. The monoisotopic (exact) mass is 401 g/mol. The van der Waals surface area contributed by atoms with E-state index in [4.69, 9.17) is 18.9 Å². The van der Waals surface area contributed by atoms with Gasteiger partial charge in [-0.15, -0.1) is 0 Å². The first-order valence-electron chi connectivity index (χ1n) is 9.49. The average Bonchev–Trinajstić information content (AvgIpc) is 2.73. The van der Waals surface area contributed by atoms with E-state index in [0.717, 1.165) is 11.3 Å². The van der Waals surface area contributed by atoms with Crippen molar-refractivity contribution in [3.05, 3.63) is 53.6 Å². The predicted octanol–water partition coefficient (Wildman–Crippen LogP) is 3.35. The maximum absolute atomic E-state index is 12.4. The Hall–Kier alpha value is -3.22. The fraction of sp³-hybridized carbons (Fsp3) is 0.364. The second kappa shape index (κ2) is 10.9. The normalized spacial score (nSPS) is 11.3. The van der Waals surface area contributed by atoms with Crippen LogP contribution < -0.4 is 19.5 Å². The number of carbonyl (C=O) groups is 2. The van der Waals surface area contributed by atoms with Gasteiger partial charge in [-0.1, -0.05) is 12.1 Å². The van der Waals surface area contributed by atoms with E-state index in [9.17, 15) is 9.59 Å². The number of methoxy groups -OCH3 is 1. The summed E-state index contributed by atoms with van der Waals surface area (Å²) in [6.45, 7) is 6.47. The second-order valence-electron chi connectivity index (χ2n) is 6.14. The molecule has 0 aliphatic carbocycles. The maximum atomic E-state index is 12.4. The summed E-state index contributed by atoms with van der Waals surface area (Å²) in [6.07, 6.45) is -0.942. The van der Waals surface area contributed by atoms with Crippen molar-refractivity contribution in [2.24, 2.45) is 0 Å². The van der Waals surface area contributed by atoms with E-state index in [1.165, 1.54) is 6.92 Å². The highest BCUT2D eigenvalue weighted by atomic mass is 16.5. The molecular formula is C22H27NO6. The zero-order valence-corrected chi connectivity index (χ0v) is 17.2. The molecule has 0 fully saturated rings. The van der Waals surface area contributed by atoms with Gasteiger partial charge in [-0.25, -0.2) is 4.79 Å². The van der Waals surface area contributed by atoms with Gasteiger partial charge in [-0.3, -0.25) is 4.79 Å². The molecule has 0 saturated heterocycles. The van der Waals surface area contributed by atoms with Gasteiger partial charge in [0.25, 0.3) is 5.91 Å². The molecule has 0 bridgehead atoms. The Kier molecular flexibility index (Phi) is 8.33. The fourth-order valence-electron chi connectivity index (χ4n) is 2.54. The van der Waals surface area contributed by atoms with E-state index in [2.05, 4.69) is 5.32 Å². The van der Waals surface area contributed by atoms with Gasteiger partial charge in [-0.2, -0.15) is 0 Å². The van der Waals surface area contributed by atoms with Crippen molar-refractivity contribution in [2.45, 2.75) is 33.4 Å². The lowest BCUT2D eigenvalue weighted by molar-refractivity contribution is -0.129. The van der Waals surface area contributed by atoms with Crippen molar-refractivity contribution in [3.63, 3.8) is 0 Å². The number of ether oxygens (including phenoxy) is 4. The summed E-state index contributed by atoms with van der Waals surface area (Å²) >= 11 is 0. The van der Waals surface area contributed by atoms with Gasteiger partial charge in [0.15, 0.2) is 17.6 Å². The van der Waals surface area contributed by atoms with Crippen molar-refractivity contribution < 1.29 is 28.5 Å². The van der Waals surface area contributed by atoms with E-state index in [1.54, 1.807) is 25.3 Å². The summed E-state index contributed by atoms with van der Waals surface area (Å²) in [5.41, 5.74) is 1.19. The first-order valence-corrected chi connectivity index (χ1v) is 9.49. The lowest BCUT2D eigenvalue weighted by atomic mass is 10.2. The van der Waals surface area contributed by atoms with Gasteiger partial charge >= 0.3 is 5.97 Å². The zero-order chi connectivity index (χ0) is 21.2. The van der Waals surface area contributed by atoms with E-state index in [1.807, 2.05) is 38.1 Å². The number of hydrogen-bond donors (Lipinski definition) is 1. The molecule has 0 aliphatic heterocycles. The molecule has 2 aromatic rings. The molecule has 2 rings (SSSR count). The molecule has 1 amide bonds. The number of nitrogens with one attached hydrogen (secondary N) is 1. The van der Waals surface area contributed by atoms with Crippen LogP contribution in [0.25, 0.3) is 0 Å². The van der Waals surface area contributed by atoms with Crippen LogP contribution in [0.5, 0.6) is 17.2 Å². The zero-order valence-electron chi connectivity index (χ0n) is 17.2. The molecule has 7 heteroatoms. The quantitative estimate of drug-likeness (QED) is 0.615. The molecule has 29 heavy (non-hydrogen) atoms. The molecule has 2 aromatic carbocycles. The predicted molar refractivity (Wildman–Crippen MR) is 108 cm³/mol. The van der Waals surface area contributed by atoms with E-state index >= 15 is 0 Å². The van der Waals surface area contributed by atoms with Crippen LogP contribution in [-0.2, 0) is 16.1 Å². The maximum Gasteiger partial charge on any atom is 0.339 e. The molecule has 0 radical (unpaired) electrons. The van der Waals surface area contributed by atoms with Crippen LogP contribution in [0.4, 0.5) is 0 Å². The SMILES string of the molecule is CCOc1ccc(C(=O)O[C@@H](C)C(=O)NCc2ccc(OC)cc2)cc1OCC. The summed E-state index contributed by atoms with van der Waals surface area (Å²) in [5, 5.41) is 2.75. The Morgan fingerprint density at radius 2 is 1.62 bits per heavy atom. The lowest BCUT2D eigenvalue weighted by Crippen LogP contribution is -2.35. The first-order chi connectivity index (χ1) is 14.0. The van der Waals surface area contributed by atoms with Crippen LogP contribution in [0.15, 0.2) is 42.5 Å². The Morgan fingerprint density at radius 1 is 0.966 bits per heavy atom. The first kappa shape index (κ1) is 22.1. The Balaban J connectivity index is 1.94. The number of esters is 1. The molecule has 0 spiro atoms. The van der Waals surface area contributed by atoms with Gasteiger partial charge < -0.3 is 24.3 Å². The number of hydrogen-bond acceptors (Lipinski definition) is 6. The van der Waals surface area contributed by atoms with E-state index in [0.29, 0.717) is 31.3 Å². The molecule has 1 N–H and O–H groups in total. The highest BCUT2D eigenvalue weighted by Gasteiger charge is 2.20. The van der Waals surface area contributed by atoms with Gasteiger partial charge in [0, 0.05) is 6.54 Å². The van der Waals surface area contributed by atoms with Crippen LogP contribution in [-0.4, -0.2) is 38.3 Å². The minimum Gasteiger partial charge on any atom is -0.497 e. The molecule has 1 atom stereocenters. The van der Waals surface area contributed by atoms with Crippen LogP contribution in [0.1, 0.15) is 36.7 Å². The molecule has 0 unspecified atom stereocenters. The molecule has 0 heterocycles. The third-order valence-electron chi connectivity index (χ3n) is 4.06. The number of rotatable bonds is 10. The average molecular weight is 401 g/mol. The van der Waals surface area contributed by atoms with E-state index in [-0.39, 0.29) is 11.5 Å². The molecule has 0 aliphatic rings. The largest absolute Gasteiger partial charge is 0.497 e. The Morgan fingerprint density at radius 3 is 2.24 bits per heavy atom. The van der Waals surface area contributed by atoms with Crippen molar-refractivity contribution >= 4 is 11.9 Å². The third kappa shape index (κ3) is 6.41. The lowest BCUT2D eigenvalue weighted by Gasteiger charge is -2.15. The second-order valence-corrected chi connectivity index (χ2v) is 6.14. The van der Waals surface area contributed by atoms with Crippen LogP contribution in [0.3, 0.4) is 0 Å².